The summed E-state index contributed by atoms with van der Waals surface area (Å²) in [6.07, 6.45) is 7.27. The van der Waals surface area contributed by atoms with Crippen LogP contribution in [0.5, 0.6) is 0 Å². The van der Waals surface area contributed by atoms with Crippen LogP contribution in [0.1, 0.15) is 58.4 Å². The number of allylic oxidation sites excluding steroid dienone is 2. The first-order valence-corrected chi connectivity index (χ1v) is 7.78. The molecule has 0 spiro atoms. The van der Waals surface area contributed by atoms with Crippen molar-refractivity contribution in [2.45, 2.75) is 59.3 Å². The highest BCUT2D eigenvalue weighted by atomic mass is 14.4. The van der Waals surface area contributed by atoms with E-state index in [1.807, 2.05) is 6.92 Å². The quantitative estimate of drug-likeness (QED) is 0.677. The second-order valence-corrected chi connectivity index (χ2v) is 6.71. The molecule has 1 unspecified atom stereocenters. The number of hydrogen-bond donors (Lipinski definition) is 1. The number of rotatable bonds is 5. The molecule has 0 aliphatic heterocycles. The van der Waals surface area contributed by atoms with Gasteiger partial charge in [0.1, 0.15) is 0 Å². The Morgan fingerprint density at radius 1 is 1.25 bits per heavy atom. The van der Waals surface area contributed by atoms with Crippen molar-refractivity contribution in [2.75, 3.05) is 0 Å². The van der Waals surface area contributed by atoms with Crippen molar-refractivity contribution in [2.24, 2.45) is 5.41 Å². The van der Waals surface area contributed by atoms with Gasteiger partial charge in [0.2, 0.25) is 0 Å². The van der Waals surface area contributed by atoms with Gasteiger partial charge in [-0.25, -0.2) is 0 Å². The molecule has 1 aromatic carbocycles. The Labute approximate surface area is 123 Å². The van der Waals surface area contributed by atoms with Gasteiger partial charge in [-0.15, -0.1) is 0 Å². The average molecular weight is 269 g/mol. The molecule has 1 aliphatic rings. The molecule has 0 heterocycles. The molecule has 0 saturated heterocycles. The van der Waals surface area contributed by atoms with E-state index in [0.717, 1.165) is 12.1 Å². The third kappa shape index (κ3) is 3.82. The fourth-order valence-corrected chi connectivity index (χ4v) is 3.56. The Bertz CT molecular complexity index is 498. The van der Waals surface area contributed by atoms with Gasteiger partial charge in [-0.2, -0.15) is 0 Å². The first-order chi connectivity index (χ1) is 9.50. The van der Waals surface area contributed by atoms with Crippen LogP contribution in [0.15, 0.2) is 41.5 Å². The predicted molar refractivity (Wildman–Crippen MR) is 87.4 cm³/mol. The lowest BCUT2D eigenvalue weighted by Gasteiger charge is -2.35. The van der Waals surface area contributed by atoms with Crippen LogP contribution in [0.4, 0.5) is 0 Å². The van der Waals surface area contributed by atoms with E-state index >= 15 is 0 Å². The summed E-state index contributed by atoms with van der Waals surface area (Å²) in [5.41, 5.74) is 5.43. The largest absolute Gasteiger partial charge is 0.305 e. The molecule has 108 valence electrons. The van der Waals surface area contributed by atoms with Crippen molar-refractivity contribution in [3.63, 3.8) is 0 Å². The highest BCUT2D eigenvalue weighted by molar-refractivity contribution is 5.96. The summed E-state index contributed by atoms with van der Waals surface area (Å²) in [4.78, 5) is 0. The van der Waals surface area contributed by atoms with Crippen LogP contribution in [0.25, 0.3) is 0 Å². The Kier molecular flexibility index (Phi) is 4.80. The molecular formula is C19H27N. The molecule has 0 aromatic heterocycles. The third-order valence-corrected chi connectivity index (χ3v) is 4.73. The van der Waals surface area contributed by atoms with E-state index in [0.29, 0.717) is 5.41 Å². The fraction of sp³-hybridized carbons (Fsp3) is 0.526. The smallest absolute Gasteiger partial charge is 0.0314 e. The van der Waals surface area contributed by atoms with Gasteiger partial charge in [0.15, 0.2) is 0 Å². The molecule has 1 nitrogen and oxygen atoms in total. The highest BCUT2D eigenvalue weighted by Crippen LogP contribution is 2.42. The Morgan fingerprint density at radius 3 is 2.55 bits per heavy atom. The van der Waals surface area contributed by atoms with Crippen LogP contribution in [-0.4, -0.2) is 5.71 Å². The summed E-state index contributed by atoms with van der Waals surface area (Å²) in [5, 5.41) is 7.84. The average Bonchev–Trinajstić information content (AvgIpc) is 2.39. The van der Waals surface area contributed by atoms with E-state index in [2.05, 4.69) is 44.2 Å². The molecule has 1 N–H and O–H groups in total. The molecule has 20 heavy (non-hydrogen) atoms. The van der Waals surface area contributed by atoms with E-state index in [4.69, 9.17) is 5.41 Å². The minimum Gasteiger partial charge on any atom is -0.305 e. The summed E-state index contributed by atoms with van der Waals surface area (Å²) >= 11 is 0. The first-order valence-electron chi connectivity index (χ1n) is 7.78. The molecule has 1 heteroatoms. The number of nitrogens with one attached hydrogen (secondary N) is 1. The summed E-state index contributed by atoms with van der Waals surface area (Å²) in [7, 11) is 0. The lowest BCUT2D eigenvalue weighted by atomic mass is 9.70. The molecule has 2 rings (SSSR count). The van der Waals surface area contributed by atoms with E-state index in [1.165, 1.54) is 48.8 Å². The molecule has 0 bridgehead atoms. The summed E-state index contributed by atoms with van der Waals surface area (Å²) in [6.45, 7) is 6.58. The van der Waals surface area contributed by atoms with Crippen molar-refractivity contribution in [1.82, 2.24) is 0 Å². The van der Waals surface area contributed by atoms with E-state index < -0.39 is 0 Å². The fourth-order valence-electron chi connectivity index (χ4n) is 3.56. The number of aryl methyl sites for hydroxylation is 1. The summed E-state index contributed by atoms with van der Waals surface area (Å²) in [5.74, 6) is 0. The topological polar surface area (TPSA) is 23.9 Å². The van der Waals surface area contributed by atoms with Crippen LogP contribution in [0.2, 0.25) is 0 Å². The molecule has 1 atom stereocenters. The van der Waals surface area contributed by atoms with Crippen LogP contribution >= 0.6 is 0 Å². The van der Waals surface area contributed by atoms with Gasteiger partial charge < -0.3 is 5.41 Å². The van der Waals surface area contributed by atoms with Gasteiger partial charge >= 0.3 is 0 Å². The maximum atomic E-state index is 7.84. The van der Waals surface area contributed by atoms with Crippen LogP contribution < -0.4 is 0 Å². The monoisotopic (exact) mass is 269 g/mol. The SMILES string of the molecule is CC(=N)C1=C(C)CC(C)(CCCc2ccccc2)CC1. The maximum Gasteiger partial charge on any atom is 0.0314 e. The zero-order valence-electron chi connectivity index (χ0n) is 13.1. The van der Waals surface area contributed by atoms with Crippen LogP contribution in [0.3, 0.4) is 0 Å². The van der Waals surface area contributed by atoms with Crippen LogP contribution in [0, 0.1) is 10.8 Å². The predicted octanol–water partition coefficient (Wildman–Crippen LogP) is 5.56. The molecule has 0 amide bonds. The molecule has 0 radical (unpaired) electrons. The summed E-state index contributed by atoms with van der Waals surface area (Å²) < 4.78 is 0. The minimum absolute atomic E-state index is 0.442. The van der Waals surface area contributed by atoms with E-state index in [1.54, 1.807) is 0 Å². The lowest BCUT2D eigenvalue weighted by molar-refractivity contribution is 0.251. The van der Waals surface area contributed by atoms with Crippen molar-refractivity contribution in [1.29, 1.82) is 5.41 Å². The Morgan fingerprint density at radius 2 is 1.95 bits per heavy atom. The zero-order chi connectivity index (χ0) is 14.6. The second kappa shape index (κ2) is 6.39. The van der Waals surface area contributed by atoms with Crippen molar-refractivity contribution in [3.05, 3.63) is 47.0 Å². The minimum atomic E-state index is 0.442. The van der Waals surface area contributed by atoms with Gasteiger partial charge in [-0.1, -0.05) is 42.8 Å². The normalized spacial score (nSPS) is 22.9. The first kappa shape index (κ1) is 15.0. The van der Waals surface area contributed by atoms with Gasteiger partial charge in [0.05, 0.1) is 0 Å². The molecule has 1 aromatic rings. The third-order valence-electron chi connectivity index (χ3n) is 4.73. The molecule has 0 fully saturated rings. The number of benzene rings is 1. The van der Waals surface area contributed by atoms with Crippen molar-refractivity contribution >= 4 is 5.71 Å². The van der Waals surface area contributed by atoms with Gasteiger partial charge in [-0.05, 0) is 68.9 Å². The van der Waals surface area contributed by atoms with Gasteiger partial charge in [0.25, 0.3) is 0 Å². The van der Waals surface area contributed by atoms with Gasteiger partial charge in [-0.3, -0.25) is 0 Å². The molecule has 1 aliphatic carbocycles. The van der Waals surface area contributed by atoms with E-state index in [-0.39, 0.29) is 0 Å². The lowest BCUT2D eigenvalue weighted by Crippen LogP contribution is -2.23. The standard InChI is InChI=1S/C19H27N/c1-15-14-19(3,13-11-18(15)16(2)20)12-7-10-17-8-5-4-6-9-17/h4-6,8-9,20H,7,10-14H2,1-3H3. The Hall–Kier alpha value is -1.37. The summed E-state index contributed by atoms with van der Waals surface area (Å²) in [6, 6.07) is 10.8. The van der Waals surface area contributed by atoms with Crippen molar-refractivity contribution < 1.29 is 0 Å². The van der Waals surface area contributed by atoms with E-state index in [9.17, 15) is 0 Å². The maximum absolute atomic E-state index is 7.84. The number of hydrogen-bond acceptors (Lipinski definition) is 1. The molecule has 0 saturated carbocycles. The second-order valence-electron chi connectivity index (χ2n) is 6.71. The van der Waals surface area contributed by atoms with Crippen LogP contribution in [-0.2, 0) is 6.42 Å². The van der Waals surface area contributed by atoms with Gasteiger partial charge in [0, 0.05) is 5.71 Å². The zero-order valence-corrected chi connectivity index (χ0v) is 13.1. The van der Waals surface area contributed by atoms with Crippen molar-refractivity contribution in [3.8, 4) is 0 Å². The molecular weight excluding hydrogens is 242 g/mol. The Balaban J connectivity index is 1.89. The highest BCUT2D eigenvalue weighted by Gasteiger charge is 2.29.